The van der Waals surface area contributed by atoms with Gasteiger partial charge in [-0.15, -0.1) is 0 Å². The summed E-state index contributed by atoms with van der Waals surface area (Å²) in [6.07, 6.45) is 1.44. The number of carbonyl (C=O) groups is 1. The van der Waals surface area contributed by atoms with Crippen molar-refractivity contribution < 1.29 is 14.6 Å². The van der Waals surface area contributed by atoms with Crippen LogP contribution in [-0.4, -0.2) is 33.8 Å². The molecule has 1 heterocycles. The monoisotopic (exact) mass is 338 g/mol. The summed E-state index contributed by atoms with van der Waals surface area (Å²) in [6, 6.07) is 16.0. The molecular formula is C19H18N2O4. The first-order valence-corrected chi connectivity index (χ1v) is 7.97. The first kappa shape index (κ1) is 16.9. The van der Waals surface area contributed by atoms with E-state index in [1.54, 1.807) is 42.5 Å². The van der Waals surface area contributed by atoms with Gasteiger partial charge in [0.1, 0.15) is 12.5 Å². The second-order valence-corrected chi connectivity index (χ2v) is 5.57. The third kappa shape index (κ3) is 3.75. The quantitative estimate of drug-likeness (QED) is 0.692. The third-order valence-electron chi connectivity index (χ3n) is 3.98. The molecule has 1 atom stereocenters. The van der Waals surface area contributed by atoms with E-state index in [9.17, 15) is 14.7 Å². The zero-order chi connectivity index (χ0) is 17.6. The molecule has 0 saturated carbocycles. The van der Waals surface area contributed by atoms with Crippen LogP contribution in [-0.2, 0) is 16.1 Å². The highest BCUT2D eigenvalue weighted by molar-refractivity contribution is 5.78. The largest absolute Gasteiger partial charge is 0.463 e. The molecule has 0 amide bonds. The maximum atomic E-state index is 12.4. The van der Waals surface area contributed by atoms with Crippen LogP contribution in [0.5, 0.6) is 0 Å². The lowest BCUT2D eigenvalue weighted by atomic mass is 10.0. The molecule has 6 nitrogen and oxygen atoms in total. The maximum Gasteiger partial charge on any atom is 0.315 e. The number of esters is 1. The number of fused-ring (bicyclic) bond motifs is 1. The summed E-state index contributed by atoms with van der Waals surface area (Å²) in [5.41, 5.74) is 1.15. The van der Waals surface area contributed by atoms with Crippen LogP contribution < -0.4 is 5.56 Å². The van der Waals surface area contributed by atoms with Crippen LogP contribution in [0.4, 0.5) is 0 Å². The van der Waals surface area contributed by atoms with Gasteiger partial charge in [-0.25, -0.2) is 4.98 Å². The van der Waals surface area contributed by atoms with Gasteiger partial charge in [0.15, 0.2) is 0 Å². The second kappa shape index (κ2) is 7.72. The highest BCUT2D eigenvalue weighted by Crippen LogP contribution is 2.16. The minimum Gasteiger partial charge on any atom is -0.463 e. The van der Waals surface area contributed by atoms with Crippen LogP contribution in [0.2, 0.25) is 0 Å². The highest BCUT2D eigenvalue weighted by Gasteiger charge is 2.21. The molecule has 0 fully saturated rings. The van der Waals surface area contributed by atoms with Crippen molar-refractivity contribution in [3.8, 4) is 0 Å². The number of nitrogens with zero attached hydrogens (tertiary/aromatic N) is 2. The number of aliphatic hydroxyl groups is 1. The van der Waals surface area contributed by atoms with Gasteiger partial charge in [0.05, 0.1) is 30.4 Å². The molecule has 25 heavy (non-hydrogen) atoms. The Morgan fingerprint density at radius 3 is 2.60 bits per heavy atom. The number of benzene rings is 2. The van der Waals surface area contributed by atoms with Crippen molar-refractivity contribution >= 4 is 16.9 Å². The van der Waals surface area contributed by atoms with E-state index in [2.05, 4.69) is 4.98 Å². The normalized spacial score (nSPS) is 12.0. The van der Waals surface area contributed by atoms with Crippen molar-refractivity contribution in [3.05, 3.63) is 76.8 Å². The van der Waals surface area contributed by atoms with E-state index in [1.807, 2.05) is 12.1 Å². The molecule has 0 aliphatic heterocycles. The number of hydrogen-bond acceptors (Lipinski definition) is 5. The topological polar surface area (TPSA) is 81.4 Å². The molecule has 1 aromatic heterocycles. The van der Waals surface area contributed by atoms with E-state index < -0.39 is 11.9 Å². The molecule has 0 aliphatic carbocycles. The van der Waals surface area contributed by atoms with Gasteiger partial charge in [-0.2, -0.15) is 0 Å². The Balaban J connectivity index is 1.65. The van der Waals surface area contributed by atoms with Gasteiger partial charge in [-0.05, 0) is 17.7 Å². The molecule has 128 valence electrons. The van der Waals surface area contributed by atoms with Crippen molar-refractivity contribution in [1.29, 1.82) is 0 Å². The summed E-state index contributed by atoms with van der Waals surface area (Å²) in [7, 11) is 0. The Kier molecular flexibility index (Phi) is 5.20. The second-order valence-electron chi connectivity index (χ2n) is 5.57. The van der Waals surface area contributed by atoms with E-state index in [4.69, 9.17) is 4.74 Å². The summed E-state index contributed by atoms with van der Waals surface area (Å²) in [5, 5.41) is 9.98. The molecule has 3 aromatic rings. The number of rotatable bonds is 6. The van der Waals surface area contributed by atoms with Crippen molar-refractivity contribution in [2.45, 2.75) is 12.5 Å². The smallest absolute Gasteiger partial charge is 0.315 e. The minimum absolute atomic E-state index is 0.0299. The summed E-state index contributed by atoms with van der Waals surface area (Å²) in [5.74, 6) is -1.25. The molecule has 0 saturated heterocycles. The van der Waals surface area contributed by atoms with E-state index in [1.165, 1.54) is 10.9 Å². The van der Waals surface area contributed by atoms with Crippen molar-refractivity contribution in [1.82, 2.24) is 9.55 Å². The number of hydrogen-bond donors (Lipinski definition) is 1. The average Bonchev–Trinajstić information content (AvgIpc) is 2.65. The van der Waals surface area contributed by atoms with Crippen LogP contribution in [0.1, 0.15) is 11.5 Å². The van der Waals surface area contributed by atoms with Gasteiger partial charge in [0.2, 0.25) is 0 Å². The highest BCUT2D eigenvalue weighted by atomic mass is 16.5. The van der Waals surface area contributed by atoms with Crippen LogP contribution in [0, 0.1) is 0 Å². The van der Waals surface area contributed by atoms with Gasteiger partial charge in [-0.3, -0.25) is 14.2 Å². The van der Waals surface area contributed by atoms with Crippen LogP contribution in [0.25, 0.3) is 10.9 Å². The molecule has 0 bridgehead atoms. The summed E-state index contributed by atoms with van der Waals surface area (Å²) >= 11 is 0. The zero-order valence-corrected chi connectivity index (χ0v) is 13.5. The first-order chi connectivity index (χ1) is 12.2. The van der Waals surface area contributed by atoms with Crippen LogP contribution in [0.3, 0.4) is 0 Å². The Morgan fingerprint density at radius 1 is 1.12 bits per heavy atom. The molecule has 2 aromatic carbocycles. The Hall–Kier alpha value is -2.99. The summed E-state index contributed by atoms with van der Waals surface area (Å²) < 4.78 is 6.64. The molecule has 0 aliphatic rings. The van der Waals surface area contributed by atoms with Crippen molar-refractivity contribution in [2.75, 3.05) is 13.2 Å². The molecule has 3 rings (SSSR count). The van der Waals surface area contributed by atoms with Crippen LogP contribution >= 0.6 is 0 Å². The molecule has 6 heteroatoms. The number of aliphatic hydroxyl groups excluding tert-OH is 1. The molecule has 0 radical (unpaired) electrons. The van der Waals surface area contributed by atoms with E-state index in [-0.39, 0.29) is 25.3 Å². The standard InChI is InChI=1S/C19H18N2O4/c22-12-16(14-6-2-1-3-7-14)19(24)25-11-10-21-13-20-17-9-5-4-8-15(17)18(21)23/h1-9,13,16,22H,10-12H2. The average molecular weight is 338 g/mol. The third-order valence-corrected chi connectivity index (χ3v) is 3.98. The van der Waals surface area contributed by atoms with Gasteiger partial charge < -0.3 is 9.84 Å². The van der Waals surface area contributed by atoms with E-state index >= 15 is 0 Å². The molecule has 1 N–H and O–H groups in total. The number of aromatic nitrogens is 2. The van der Waals surface area contributed by atoms with Gasteiger partial charge in [0.25, 0.3) is 5.56 Å². The first-order valence-electron chi connectivity index (χ1n) is 7.97. The van der Waals surface area contributed by atoms with Crippen molar-refractivity contribution in [2.24, 2.45) is 0 Å². The van der Waals surface area contributed by atoms with Crippen molar-refractivity contribution in [3.63, 3.8) is 0 Å². The Morgan fingerprint density at radius 2 is 1.84 bits per heavy atom. The predicted octanol–water partition coefficient (Wildman–Crippen LogP) is 1.72. The van der Waals surface area contributed by atoms with E-state index in [0.717, 1.165) is 0 Å². The summed E-state index contributed by atoms with van der Waals surface area (Å²) in [4.78, 5) is 28.8. The van der Waals surface area contributed by atoms with Gasteiger partial charge in [0, 0.05) is 0 Å². The van der Waals surface area contributed by atoms with Gasteiger partial charge in [-0.1, -0.05) is 42.5 Å². The molecular weight excluding hydrogens is 320 g/mol. The number of para-hydroxylation sites is 1. The van der Waals surface area contributed by atoms with E-state index in [0.29, 0.717) is 16.5 Å². The van der Waals surface area contributed by atoms with Gasteiger partial charge >= 0.3 is 5.97 Å². The lowest BCUT2D eigenvalue weighted by Crippen LogP contribution is -2.25. The fraction of sp³-hybridized carbons (Fsp3) is 0.211. The number of ether oxygens (including phenoxy) is 1. The Bertz CT molecular complexity index is 921. The lowest BCUT2D eigenvalue weighted by Gasteiger charge is -2.14. The maximum absolute atomic E-state index is 12.4. The molecule has 1 unspecified atom stereocenters. The molecule has 0 spiro atoms. The fourth-order valence-corrected chi connectivity index (χ4v) is 2.61. The fourth-order valence-electron chi connectivity index (χ4n) is 2.61. The number of carbonyl (C=O) groups excluding carboxylic acids is 1. The minimum atomic E-state index is -0.729. The zero-order valence-electron chi connectivity index (χ0n) is 13.5. The summed E-state index contributed by atoms with van der Waals surface area (Å²) in [6.45, 7) is -0.0994. The predicted molar refractivity (Wildman–Crippen MR) is 93.2 cm³/mol. The van der Waals surface area contributed by atoms with Crippen LogP contribution in [0.15, 0.2) is 65.7 Å². The Labute approximate surface area is 144 Å². The lowest BCUT2D eigenvalue weighted by molar-refractivity contribution is -0.146. The SMILES string of the molecule is O=C(OCCn1cnc2ccccc2c1=O)C(CO)c1ccccc1.